The molecular formula is C23H26FN5O. The van der Waals surface area contributed by atoms with Gasteiger partial charge in [0.1, 0.15) is 11.4 Å². The number of carbonyl (C=O) groups is 1. The summed E-state index contributed by atoms with van der Waals surface area (Å²) in [6.07, 6.45) is 10.6. The van der Waals surface area contributed by atoms with Crippen molar-refractivity contribution in [1.82, 2.24) is 19.9 Å². The molecule has 0 bridgehead atoms. The van der Waals surface area contributed by atoms with Crippen LogP contribution in [-0.4, -0.2) is 50.7 Å². The minimum absolute atomic E-state index is 0.170. The molecule has 156 valence electrons. The van der Waals surface area contributed by atoms with Gasteiger partial charge in [-0.3, -0.25) is 24.7 Å². The van der Waals surface area contributed by atoms with Crippen LogP contribution in [0, 0.1) is 6.92 Å². The Kier molecular flexibility index (Phi) is 6.82. The molecule has 1 amide bonds. The van der Waals surface area contributed by atoms with Crippen molar-refractivity contribution in [3.05, 3.63) is 72.1 Å². The van der Waals surface area contributed by atoms with Crippen molar-refractivity contribution < 1.29 is 9.18 Å². The van der Waals surface area contributed by atoms with Gasteiger partial charge in [-0.25, -0.2) is 4.39 Å². The lowest BCUT2D eigenvalue weighted by molar-refractivity contribution is 0.0432. The molecule has 0 N–H and O–H groups in total. The van der Waals surface area contributed by atoms with Crippen molar-refractivity contribution in [3.8, 4) is 0 Å². The third-order valence-electron chi connectivity index (χ3n) is 5.10. The lowest BCUT2D eigenvalue weighted by atomic mass is 9.88. The Morgan fingerprint density at radius 2 is 2.07 bits per heavy atom. The molecule has 30 heavy (non-hydrogen) atoms. The van der Waals surface area contributed by atoms with Crippen LogP contribution in [0.5, 0.6) is 0 Å². The first-order valence-electron chi connectivity index (χ1n) is 9.98. The van der Waals surface area contributed by atoms with Gasteiger partial charge in [0.25, 0.3) is 5.91 Å². The molecule has 1 aliphatic heterocycles. The summed E-state index contributed by atoms with van der Waals surface area (Å²) in [4.78, 5) is 32.0. The Morgan fingerprint density at radius 3 is 2.70 bits per heavy atom. The number of aliphatic imine (C=N–C) groups is 1. The number of hydrogen-bond acceptors (Lipinski definition) is 5. The maximum Gasteiger partial charge on any atom is 0.256 e. The Morgan fingerprint density at radius 1 is 1.30 bits per heavy atom. The number of alkyl halides is 1. The molecule has 6 nitrogen and oxygen atoms in total. The largest absolute Gasteiger partial charge is 0.338 e. The van der Waals surface area contributed by atoms with Gasteiger partial charge in [0.2, 0.25) is 0 Å². The van der Waals surface area contributed by atoms with Crippen molar-refractivity contribution in [3.63, 3.8) is 0 Å². The highest BCUT2D eigenvalue weighted by Gasteiger charge is 2.37. The topological polar surface area (TPSA) is 71.3 Å². The van der Waals surface area contributed by atoms with Crippen molar-refractivity contribution in [2.75, 3.05) is 13.1 Å². The predicted molar refractivity (Wildman–Crippen MR) is 116 cm³/mol. The van der Waals surface area contributed by atoms with E-state index < -0.39 is 5.67 Å². The third kappa shape index (κ3) is 5.03. The number of aryl methyl sites for hydroxylation is 1. The summed E-state index contributed by atoms with van der Waals surface area (Å²) in [6, 6.07) is 3.45. The summed E-state index contributed by atoms with van der Waals surface area (Å²) < 4.78 is 15.3. The smallest absolute Gasteiger partial charge is 0.256 e. The first-order chi connectivity index (χ1) is 14.5. The quantitative estimate of drug-likeness (QED) is 0.536. The van der Waals surface area contributed by atoms with Gasteiger partial charge in [0.15, 0.2) is 0 Å². The van der Waals surface area contributed by atoms with E-state index in [-0.39, 0.29) is 25.2 Å². The second kappa shape index (κ2) is 9.52. The Balaban J connectivity index is 1.73. The van der Waals surface area contributed by atoms with Crippen molar-refractivity contribution in [2.45, 2.75) is 38.8 Å². The molecule has 0 atom stereocenters. The maximum atomic E-state index is 15.3. The van der Waals surface area contributed by atoms with Crippen LogP contribution in [0.1, 0.15) is 47.2 Å². The minimum atomic E-state index is -1.39. The van der Waals surface area contributed by atoms with Gasteiger partial charge in [-0.15, -0.1) is 0 Å². The zero-order valence-corrected chi connectivity index (χ0v) is 17.4. The summed E-state index contributed by atoms with van der Waals surface area (Å²) >= 11 is 0. The first-order valence-corrected chi connectivity index (χ1v) is 9.98. The Labute approximate surface area is 176 Å². The zero-order valence-electron chi connectivity index (χ0n) is 17.4. The highest BCUT2D eigenvalue weighted by Crippen LogP contribution is 2.31. The molecule has 3 rings (SSSR count). The van der Waals surface area contributed by atoms with E-state index in [9.17, 15) is 4.79 Å². The normalized spacial score (nSPS) is 16.6. The van der Waals surface area contributed by atoms with Gasteiger partial charge in [0, 0.05) is 44.3 Å². The minimum Gasteiger partial charge on any atom is -0.338 e. The van der Waals surface area contributed by atoms with Gasteiger partial charge < -0.3 is 4.90 Å². The molecular weight excluding hydrogens is 381 g/mol. The highest BCUT2D eigenvalue weighted by atomic mass is 19.1. The van der Waals surface area contributed by atoms with E-state index in [1.54, 1.807) is 60.9 Å². The molecule has 2 aromatic rings. The number of pyridine rings is 1. The fourth-order valence-corrected chi connectivity index (χ4v) is 3.51. The number of halogens is 1. The number of hydrogen-bond donors (Lipinski definition) is 0. The van der Waals surface area contributed by atoms with Crippen LogP contribution in [0.3, 0.4) is 0 Å². The molecule has 7 heteroatoms. The Hall–Kier alpha value is -3.22. The van der Waals surface area contributed by atoms with Crippen LogP contribution < -0.4 is 0 Å². The van der Waals surface area contributed by atoms with E-state index >= 15 is 4.39 Å². The average molecular weight is 407 g/mol. The second-order valence-electron chi connectivity index (χ2n) is 7.34. The van der Waals surface area contributed by atoms with E-state index in [2.05, 4.69) is 26.5 Å². The fraction of sp³-hybridized carbons (Fsp3) is 0.348. The number of aromatic nitrogens is 3. The number of piperidine rings is 1. The van der Waals surface area contributed by atoms with Crippen LogP contribution in [0.15, 0.2) is 54.4 Å². The van der Waals surface area contributed by atoms with E-state index in [1.807, 2.05) is 6.92 Å². The molecule has 1 saturated heterocycles. The zero-order chi connectivity index (χ0) is 21.6. The van der Waals surface area contributed by atoms with Crippen molar-refractivity contribution >= 4 is 17.8 Å². The monoisotopic (exact) mass is 407 g/mol. The van der Waals surface area contributed by atoms with Gasteiger partial charge in [-0.1, -0.05) is 12.7 Å². The molecule has 2 aromatic heterocycles. The third-order valence-corrected chi connectivity index (χ3v) is 5.10. The van der Waals surface area contributed by atoms with Gasteiger partial charge in [0.05, 0.1) is 22.6 Å². The lowest BCUT2D eigenvalue weighted by Crippen LogP contribution is -2.45. The fourth-order valence-electron chi connectivity index (χ4n) is 3.51. The van der Waals surface area contributed by atoms with Crippen molar-refractivity contribution in [2.24, 2.45) is 4.99 Å². The van der Waals surface area contributed by atoms with E-state index in [1.165, 1.54) is 0 Å². The van der Waals surface area contributed by atoms with E-state index in [0.29, 0.717) is 35.7 Å². The molecule has 0 radical (unpaired) electrons. The maximum absolute atomic E-state index is 15.3. The van der Waals surface area contributed by atoms with Gasteiger partial charge in [-0.05, 0) is 44.9 Å². The van der Waals surface area contributed by atoms with Crippen LogP contribution in [0.25, 0.3) is 5.70 Å². The van der Waals surface area contributed by atoms with E-state index in [0.717, 1.165) is 5.69 Å². The molecule has 3 heterocycles. The van der Waals surface area contributed by atoms with Crippen LogP contribution in [-0.2, 0) is 6.42 Å². The predicted octanol–water partition coefficient (Wildman–Crippen LogP) is 3.98. The lowest BCUT2D eigenvalue weighted by Gasteiger charge is -2.36. The van der Waals surface area contributed by atoms with Gasteiger partial charge >= 0.3 is 0 Å². The molecule has 0 unspecified atom stereocenters. The summed E-state index contributed by atoms with van der Waals surface area (Å²) in [6.45, 7) is 8.02. The number of amides is 1. The van der Waals surface area contributed by atoms with E-state index in [4.69, 9.17) is 0 Å². The van der Waals surface area contributed by atoms with Crippen LogP contribution in [0.4, 0.5) is 4.39 Å². The average Bonchev–Trinajstić information content (AvgIpc) is 2.75. The number of nitrogens with zero attached hydrogens (tertiary/aromatic N) is 5. The standard InChI is InChI=1S/C23H26FN5O/c1-4-7-20(25-5-2)21-19(8-6-11-26-21)22(30)29-12-9-23(24,10-13-29)14-18-16-27-17(3)15-28-18/h4-8,11,15-16H,1,9-10,12-14H2,2-3H3/b20-7-,25-5?. The first kappa shape index (κ1) is 21.5. The van der Waals surface area contributed by atoms with Gasteiger partial charge in [-0.2, -0.15) is 0 Å². The summed E-state index contributed by atoms with van der Waals surface area (Å²) in [5, 5.41) is 0. The van der Waals surface area contributed by atoms with Crippen LogP contribution >= 0.6 is 0 Å². The Bertz CT molecular complexity index is 960. The highest BCUT2D eigenvalue weighted by molar-refractivity contribution is 5.98. The van der Waals surface area contributed by atoms with Crippen molar-refractivity contribution in [1.29, 1.82) is 0 Å². The second-order valence-corrected chi connectivity index (χ2v) is 7.34. The number of carbonyl (C=O) groups excluding carboxylic acids is 1. The molecule has 0 aromatic carbocycles. The molecule has 0 saturated carbocycles. The number of likely N-dealkylation sites (tertiary alicyclic amines) is 1. The van der Waals surface area contributed by atoms with Crippen LogP contribution in [0.2, 0.25) is 0 Å². The summed E-state index contributed by atoms with van der Waals surface area (Å²) in [5.41, 5.74) is 1.55. The SMILES string of the molecule is C=C/C=C(\N=CC)c1ncccc1C(=O)N1CCC(F)(Cc2cnc(C)cn2)CC1. The number of rotatable bonds is 6. The molecule has 1 fully saturated rings. The number of allylic oxidation sites excluding steroid dienone is 2. The molecule has 0 aliphatic carbocycles. The summed E-state index contributed by atoms with van der Waals surface area (Å²) in [5.74, 6) is -0.170. The molecule has 1 aliphatic rings. The summed E-state index contributed by atoms with van der Waals surface area (Å²) in [7, 11) is 0. The molecule has 0 spiro atoms.